The van der Waals surface area contributed by atoms with Crippen LogP contribution in [0.4, 0.5) is 25.0 Å². The number of fused-ring (bicyclic) bond motifs is 1. The van der Waals surface area contributed by atoms with E-state index < -0.39 is 38.8 Å². The SMILES string of the molecule is CC(=O)NCC1CN(S(=O)(=O)c2cn(C(F)F)nc2Cl)c2cc(NC(=O)O)ccc2O1. The average Bonchev–Trinajstić information content (AvgIpc) is 3.08. The zero-order valence-electron chi connectivity index (χ0n) is 15.8. The first-order valence-electron chi connectivity index (χ1n) is 8.59. The highest BCUT2D eigenvalue weighted by atomic mass is 35.5. The van der Waals surface area contributed by atoms with Crippen LogP contribution in [0, 0.1) is 0 Å². The zero-order valence-corrected chi connectivity index (χ0v) is 17.3. The third-order valence-electron chi connectivity index (χ3n) is 4.14. The Hall–Kier alpha value is -3.13. The molecule has 1 unspecified atom stereocenters. The quantitative estimate of drug-likeness (QED) is 0.575. The molecule has 1 atom stereocenters. The molecule has 15 heteroatoms. The molecule has 0 fully saturated rings. The van der Waals surface area contributed by atoms with Gasteiger partial charge >= 0.3 is 12.6 Å². The van der Waals surface area contributed by atoms with E-state index in [9.17, 15) is 26.8 Å². The minimum Gasteiger partial charge on any atom is -0.484 e. The van der Waals surface area contributed by atoms with Crippen molar-refractivity contribution in [3.8, 4) is 5.75 Å². The molecule has 3 rings (SSSR count). The number of carboxylic acid groups (broad SMARTS) is 1. The van der Waals surface area contributed by atoms with Crippen molar-refractivity contribution in [3.63, 3.8) is 0 Å². The maximum absolute atomic E-state index is 13.3. The molecule has 0 saturated carbocycles. The van der Waals surface area contributed by atoms with Gasteiger partial charge in [-0.05, 0) is 18.2 Å². The summed E-state index contributed by atoms with van der Waals surface area (Å²) in [5.41, 5.74) is -0.00378. The van der Waals surface area contributed by atoms with Crippen molar-refractivity contribution in [2.24, 2.45) is 0 Å². The van der Waals surface area contributed by atoms with E-state index in [4.69, 9.17) is 21.4 Å². The second-order valence-electron chi connectivity index (χ2n) is 6.37. The highest BCUT2D eigenvalue weighted by molar-refractivity contribution is 7.93. The standard InChI is InChI=1S/C16H16ClF2N5O6S/c1-8(25)20-5-10-6-24(11-4-9(21-16(26)27)2-3-12(11)30-10)31(28,29)13-7-23(15(18)19)22-14(13)17/h2-4,7,10,15,21H,5-6H2,1H3,(H,20,25)(H,26,27). The van der Waals surface area contributed by atoms with Gasteiger partial charge < -0.3 is 15.2 Å². The molecule has 1 aromatic carbocycles. The average molecular weight is 480 g/mol. The Balaban J connectivity index is 2.07. The zero-order chi connectivity index (χ0) is 22.9. The molecule has 3 N–H and O–H groups in total. The highest BCUT2D eigenvalue weighted by Crippen LogP contribution is 2.40. The van der Waals surface area contributed by atoms with Gasteiger partial charge in [0.25, 0.3) is 10.0 Å². The lowest BCUT2D eigenvalue weighted by Gasteiger charge is -2.35. The molecule has 0 aliphatic carbocycles. The van der Waals surface area contributed by atoms with Crippen LogP contribution in [0.25, 0.3) is 0 Å². The summed E-state index contributed by atoms with van der Waals surface area (Å²) in [6, 6.07) is 3.90. The van der Waals surface area contributed by atoms with Gasteiger partial charge in [0.15, 0.2) is 5.15 Å². The monoisotopic (exact) mass is 479 g/mol. The van der Waals surface area contributed by atoms with Crippen LogP contribution < -0.4 is 19.7 Å². The van der Waals surface area contributed by atoms with Crippen LogP contribution in [0.3, 0.4) is 0 Å². The van der Waals surface area contributed by atoms with E-state index in [0.717, 1.165) is 4.31 Å². The van der Waals surface area contributed by atoms with E-state index in [1.807, 2.05) is 0 Å². The van der Waals surface area contributed by atoms with Crippen LogP contribution >= 0.6 is 11.6 Å². The van der Waals surface area contributed by atoms with Gasteiger partial charge in [0.1, 0.15) is 16.7 Å². The molecular formula is C16H16ClF2N5O6S. The number of hydrogen-bond donors (Lipinski definition) is 3. The fourth-order valence-electron chi connectivity index (χ4n) is 2.85. The predicted octanol–water partition coefficient (Wildman–Crippen LogP) is 2.11. The second kappa shape index (κ2) is 8.55. The molecule has 1 aromatic heterocycles. The lowest BCUT2D eigenvalue weighted by molar-refractivity contribution is -0.119. The molecule has 0 radical (unpaired) electrons. The minimum atomic E-state index is -4.52. The van der Waals surface area contributed by atoms with Crippen LogP contribution in [0.5, 0.6) is 5.75 Å². The van der Waals surface area contributed by atoms with Crippen LogP contribution in [0.15, 0.2) is 29.3 Å². The molecule has 1 aliphatic heterocycles. The third kappa shape index (κ3) is 4.80. The minimum absolute atomic E-state index is 0.0417. The number of amides is 2. The van der Waals surface area contributed by atoms with E-state index in [0.29, 0.717) is 6.20 Å². The van der Waals surface area contributed by atoms with Gasteiger partial charge in [-0.3, -0.25) is 14.4 Å². The smallest absolute Gasteiger partial charge is 0.409 e. The van der Waals surface area contributed by atoms with Crippen LogP contribution in [-0.2, 0) is 14.8 Å². The summed E-state index contributed by atoms with van der Waals surface area (Å²) in [5, 5.41) is 16.2. The number of anilines is 2. The number of nitrogens with zero attached hydrogens (tertiary/aromatic N) is 3. The van der Waals surface area contributed by atoms with Crippen LogP contribution in [0.2, 0.25) is 5.15 Å². The van der Waals surface area contributed by atoms with Crippen molar-refractivity contribution < 1.29 is 36.6 Å². The largest absolute Gasteiger partial charge is 0.484 e. The third-order valence-corrected chi connectivity index (χ3v) is 6.32. The first kappa shape index (κ1) is 22.6. The Morgan fingerprint density at radius 3 is 2.71 bits per heavy atom. The molecule has 2 amide bonds. The fourth-order valence-corrected chi connectivity index (χ4v) is 4.77. The Morgan fingerprint density at radius 1 is 1.42 bits per heavy atom. The van der Waals surface area contributed by atoms with Gasteiger partial charge in [0, 0.05) is 12.6 Å². The predicted molar refractivity (Wildman–Crippen MR) is 104 cm³/mol. The Labute approximate surface area is 179 Å². The number of rotatable bonds is 6. The molecule has 0 saturated heterocycles. The summed E-state index contributed by atoms with van der Waals surface area (Å²) in [5.74, 6) is -0.301. The topological polar surface area (TPSA) is 143 Å². The van der Waals surface area contributed by atoms with E-state index in [2.05, 4.69) is 15.7 Å². The summed E-state index contributed by atoms with van der Waals surface area (Å²) in [4.78, 5) is 21.5. The molecule has 31 heavy (non-hydrogen) atoms. The van der Waals surface area contributed by atoms with E-state index in [1.54, 1.807) is 0 Å². The van der Waals surface area contributed by atoms with Crippen molar-refractivity contribution >= 4 is 45.0 Å². The first-order valence-corrected chi connectivity index (χ1v) is 10.4. The van der Waals surface area contributed by atoms with E-state index in [1.165, 1.54) is 25.1 Å². The maximum atomic E-state index is 13.3. The summed E-state index contributed by atoms with van der Waals surface area (Å²) in [7, 11) is -4.52. The number of halogens is 3. The van der Waals surface area contributed by atoms with Gasteiger partial charge in [0.05, 0.1) is 25.0 Å². The number of alkyl halides is 2. The number of carbonyl (C=O) groups excluding carboxylic acids is 1. The Morgan fingerprint density at radius 2 is 2.13 bits per heavy atom. The van der Waals surface area contributed by atoms with Gasteiger partial charge in [-0.1, -0.05) is 11.6 Å². The maximum Gasteiger partial charge on any atom is 0.409 e. The summed E-state index contributed by atoms with van der Waals surface area (Å²) >= 11 is 5.81. The van der Waals surface area contributed by atoms with Crippen LogP contribution in [0.1, 0.15) is 13.5 Å². The van der Waals surface area contributed by atoms with Crippen molar-refractivity contribution in [1.82, 2.24) is 15.1 Å². The normalized spacial score (nSPS) is 15.9. The second-order valence-corrected chi connectivity index (χ2v) is 8.56. The fraction of sp³-hybridized carbons (Fsp3) is 0.312. The lowest BCUT2D eigenvalue weighted by Crippen LogP contribution is -2.48. The van der Waals surface area contributed by atoms with E-state index >= 15 is 0 Å². The molecule has 0 bridgehead atoms. The summed E-state index contributed by atoms with van der Waals surface area (Å²) in [6.45, 7) is -2.20. The van der Waals surface area contributed by atoms with Crippen molar-refractivity contribution in [2.75, 3.05) is 22.7 Å². The first-order chi connectivity index (χ1) is 14.5. The van der Waals surface area contributed by atoms with Gasteiger partial charge in [-0.2, -0.15) is 13.9 Å². The molecule has 0 spiro atoms. The Kier molecular flexibility index (Phi) is 6.22. The number of benzene rings is 1. The number of aromatic nitrogens is 2. The molecule has 168 valence electrons. The molecule has 1 aliphatic rings. The van der Waals surface area contributed by atoms with Gasteiger partial charge in [0.2, 0.25) is 5.91 Å². The van der Waals surface area contributed by atoms with Crippen LogP contribution in [-0.4, -0.2) is 54.5 Å². The number of ether oxygens (including phenoxy) is 1. The van der Waals surface area contributed by atoms with Crippen molar-refractivity contribution in [3.05, 3.63) is 29.5 Å². The number of carbonyl (C=O) groups is 2. The van der Waals surface area contributed by atoms with Crippen molar-refractivity contribution in [1.29, 1.82) is 0 Å². The van der Waals surface area contributed by atoms with Crippen molar-refractivity contribution in [2.45, 2.75) is 24.5 Å². The Bertz CT molecular complexity index is 1130. The van der Waals surface area contributed by atoms with Gasteiger partial charge in [-0.25, -0.2) is 17.9 Å². The van der Waals surface area contributed by atoms with Gasteiger partial charge in [-0.15, -0.1) is 0 Å². The molecule has 2 heterocycles. The van der Waals surface area contributed by atoms with E-state index in [-0.39, 0.29) is 40.8 Å². The highest BCUT2D eigenvalue weighted by Gasteiger charge is 2.37. The molecule has 11 nitrogen and oxygen atoms in total. The number of hydrogen-bond acceptors (Lipinski definition) is 6. The number of nitrogens with one attached hydrogen (secondary N) is 2. The molecule has 2 aromatic rings. The lowest BCUT2D eigenvalue weighted by atomic mass is 10.2. The molecular weight excluding hydrogens is 464 g/mol. The number of sulfonamides is 1. The summed E-state index contributed by atoms with van der Waals surface area (Å²) < 4.78 is 59.1. The summed E-state index contributed by atoms with van der Waals surface area (Å²) in [6.07, 6.45) is -1.61.